The quantitative estimate of drug-likeness (QED) is 0.798. The standard InChI is InChI=1S/C20H24FNO2S/c1-20(2,3)16-9-11-18(12-10-16)25(23,24)22-13-5-8-19(22)15-6-4-7-17(21)14-15/h4,6-7,9-12,14,19H,5,8,13H2,1-3H3. The minimum atomic E-state index is -3.60. The predicted molar refractivity (Wildman–Crippen MR) is 97.4 cm³/mol. The van der Waals surface area contributed by atoms with Gasteiger partial charge in [0.2, 0.25) is 10.0 Å². The van der Waals surface area contributed by atoms with Crippen LogP contribution in [-0.4, -0.2) is 19.3 Å². The van der Waals surface area contributed by atoms with Crippen molar-refractivity contribution in [2.24, 2.45) is 0 Å². The predicted octanol–water partition coefficient (Wildman–Crippen LogP) is 4.65. The van der Waals surface area contributed by atoms with Gasteiger partial charge in [-0.05, 0) is 53.6 Å². The van der Waals surface area contributed by atoms with E-state index in [2.05, 4.69) is 20.8 Å². The van der Waals surface area contributed by atoms with Crippen LogP contribution in [0.4, 0.5) is 4.39 Å². The van der Waals surface area contributed by atoms with E-state index in [1.807, 2.05) is 12.1 Å². The number of sulfonamides is 1. The van der Waals surface area contributed by atoms with Crippen LogP contribution in [-0.2, 0) is 15.4 Å². The van der Waals surface area contributed by atoms with Crippen LogP contribution in [0.25, 0.3) is 0 Å². The van der Waals surface area contributed by atoms with Gasteiger partial charge in [0.1, 0.15) is 5.82 Å². The lowest BCUT2D eigenvalue weighted by Crippen LogP contribution is -2.30. The largest absolute Gasteiger partial charge is 0.243 e. The second kappa shape index (κ2) is 6.54. The summed E-state index contributed by atoms with van der Waals surface area (Å²) in [6.07, 6.45) is 1.49. The molecule has 134 valence electrons. The minimum Gasteiger partial charge on any atom is -0.207 e. The Balaban J connectivity index is 1.93. The van der Waals surface area contributed by atoms with Gasteiger partial charge in [-0.1, -0.05) is 45.0 Å². The number of hydrogen-bond donors (Lipinski definition) is 0. The van der Waals surface area contributed by atoms with Crippen LogP contribution in [0.15, 0.2) is 53.4 Å². The van der Waals surface area contributed by atoms with E-state index in [9.17, 15) is 12.8 Å². The van der Waals surface area contributed by atoms with Gasteiger partial charge in [0, 0.05) is 6.54 Å². The molecule has 25 heavy (non-hydrogen) atoms. The average molecular weight is 361 g/mol. The first-order chi connectivity index (χ1) is 11.7. The van der Waals surface area contributed by atoms with Gasteiger partial charge in [0.05, 0.1) is 10.9 Å². The van der Waals surface area contributed by atoms with Gasteiger partial charge < -0.3 is 0 Å². The molecule has 0 radical (unpaired) electrons. The SMILES string of the molecule is CC(C)(C)c1ccc(S(=O)(=O)N2CCCC2c2cccc(F)c2)cc1. The van der Waals surface area contributed by atoms with E-state index < -0.39 is 10.0 Å². The van der Waals surface area contributed by atoms with Gasteiger partial charge in [0.25, 0.3) is 0 Å². The Bertz CT molecular complexity index is 854. The summed E-state index contributed by atoms with van der Waals surface area (Å²) < 4.78 is 41.3. The summed E-state index contributed by atoms with van der Waals surface area (Å²) in [5.41, 5.74) is 1.78. The maximum absolute atomic E-state index is 13.6. The first-order valence-electron chi connectivity index (χ1n) is 8.57. The van der Waals surface area contributed by atoms with Gasteiger partial charge in [0.15, 0.2) is 0 Å². The zero-order valence-corrected chi connectivity index (χ0v) is 15.7. The Labute approximate surface area is 149 Å². The molecule has 1 aliphatic rings. The van der Waals surface area contributed by atoms with Crippen LogP contribution >= 0.6 is 0 Å². The maximum Gasteiger partial charge on any atom is 0.243 e. The highest BCUT2D eigenvalue weighted by atomic mass is 32.2. The third-order valence-electron chi connectivity index (χ3n) is 4.76. The Hall–Kier alpha value is -1.72. The Morgan fingerprint density at radius 1 is 1.08 bits per heavy atom. The summed E-state index contributed by atoms with van der Waals surface area (Å²) >= 11 is 0. The van der Waals surface area contributed by atoms with Crippen molar-refractivity contribution in [3.05, 3.63) is 65.5 Å². The molecule has 0 N–H and O–H groups in total. The molecule has 0 saturated carbocycles. The third kappa shape index (κ3) is 3.62. The van der Waals surface area contributed by atoms with Gasteiger partial charge in [-0.3, -0.25) is 0 Å². The van der Waals surface area contributed by atoms with Crippen LogP contribution in [0.1, 0.15) is 50.8 Å². The molecule has 0 aromatic heterocycles. The van der Waals surface area contributed by atoms with Crippen molar-refractivity contribution < 1.29 is 12.8 Å². The second-order valence-corrected chi connectivity index (χ2v) is 9.49. The lowest BCUT2D eigenvalue weighted by molar-refractivity contribution is 0.395. The fourth-order valence-electron chi connectivity index (χ4n) is 3.34. The van der Waals surface area contributed by atoms with E-state index in [0.29, 0.717) is 23.4 Å². The summed E-state index contributed by atoms with van der Waals surface area (Å²) in [7, 11) is -3.60. The molecule has 2 aromatic rings. The van der Waals surface area contributed by atoms with Crippen molar-refractivity contribution in [2.45, 2.75) is 50.0 Å². The molecular weight excluding hydrogens is 337 g/mol. The molecular formula is C20H24FNO2S. The summed E-state index contributed by atoms with van der Waals surface area (Å²) in [6.45, 7) is 6.75. The summed E-state index contributed by atoms with van der Waals surface area (Å²) in [5.74, 6) is -0.337. The van der Waals surface area contributed by atoms with Crippen LogP contribution in [0.2, 0.25) is 0 Å². The van der Waals surface area contributed by atoms with Gasteiger partial charge in [-0.15, -0.1) is 0 Å². The van der Waals surface area contributed by atoms with Gasteiger partial charge in [-0.2, -0.15) is 4.31 Å². The van der Waals surface area contributed by atoms with Crippen LogP contribution in [0.3, 0.4) is 0 Å². The zero-order valence-electron chi connectivity index (χ0n) is 14.9. The summed E-state index contributed by atoms with van der Waals surface area (Å²) in [4.78, 5) is 0.295. The number of rotatable bonds is 3. The summed E-state index contributed by atoms with van der Waals surface area (Å²) in [5, 5.41) is 0. The fourth-order valence-corrected chi connectivity index (χ4v) is 5.02. The highest BCUT2D eigenvalue weighted by molar-refractivity contribution is 7.89. The molecule has 0 amide bonds. The second-order valence-electron chi connectivity index (χ2n) is 7.60. The van der Waals surface area contributed by atoms with Crippen molar-refractivity contribution in [3.8, 4) is 0 Å². The molecule has 5 heteroatoms. The molecule has 0 spiro atoms. The molecule has 2 aromatic carbocycles. The molecule has 1 unspecified atom stereocenters. The Morgan fingerprint density at radius 2 is 1.76 bits per heavy atom. The first kappa shape index (κ1) is 18.1. The molecule has 1 aliphatic heterocycles. The molecule has 0 bridgehead atoms. The molecule has 1 fully saturated rings. The van der Waals surface area contributed by atoms with Crippen molar-refractivity contribution in [1.29, 1.82) is 0 Å². The minimum absolute atomic E-state index is 0.0277. The van der Waals surface area contributed by atoms with E-state index in [4.69, 9.17) is 0 Å². The topological polar surface area (TPSA) is 37.4 Å². The normalized spacial score (nSPS) is 19.3. The summed E-state index contributed by atoms with van der Waals surface area (Å²) in [6, 6.07) is 13.0. The molecule has 1 saturated heterocycles. The third-order valence-corrected chi connectivity index (χ3v) is 6.69. The van der Waals surface area contributed by atoms with Crippen LogP contribution in [0.5, 0.6) is 0 Å². The monoisotopic (exact) mass is 361 g/mol. The highest BCUT2D eigenvalue weighted by Gasteiger charge is 2.36. The van der Waals surface area contributed by atoms with Crippen molar-refractivity contribution in [2.75, 3.05) is 6.54 Å². The van der Waals surface area contributed by atoms with E-state index in [0.717, 1.165) is 12.0 Å². The maximum atomic E-state index is 13.6. The van der Waals surface area contributed by atoms with Crippen molar-refractivity contribution in [3.63, 3.8) is 0 Å². The molecule has 3 nitrogen and oxygen atoms in total. The van der Waals surface area contributed by atoms with E-state index in [1.54, 1.807) is 24.3 Å². The lowest BCUT2D eigenvalue weighted by atomic mass is 9.87. The Kier molecular flexibility index (Phi) is 4.73. The highest BCUT2D eigenvalue weighted by Crippen LogP contribution is 2.37. The zero-order chi connectivity index (χ0) is 18.2. The molecule has 3 rings (SSSR count). The van der Waals surface area contributed by atoms with Crippen molar-refractivity contribution in [1.82, 2.24) is 4.31 Å². The fraction of sp³-hybridized carbons (Fsp3) is 0.400. The van der Waals surface area contributed by atoms with E-state index >= 15 is 0 Å². The number of benzene rings is 2. The van der Waals surface area contributed by atoms with Gasteiger partial charge >= 0.3 is 0 Å². The van der Waals surface area contributed by atoms with Crippen LogP contribution in [0, 0.1) is 5.82 Å². The molecule has 1 atom stereocenters. The lowest BCUT2D eigenvalue weighted by Gasteiger charge is -2.25. The van der Waals surface area contributed by atoms with E-state index in [1.165, 1.54) is 16.4 Å². The number of hydrogen-bond acceptors (Lipinski definition) is 2. The van der Waals surface area contributed by atoms with E-state index in [-0.39, 0.29) is 17.3 Å². The molecule has 1 heterocycles. The smallest absolute Gasteiger partial charge is 0.207 e. The van der Waals surface area contributed by atoms with Crippen molar-refractivity contribution >= 4 is 10.0 Å². The molecule has 0 aliphatic carbocycles. The first-order valence-corrected chi connectivity index (χ1v) is 10.0. The number of halogens is 1. The van der Waals surface area contributed by atoms with Gasteiger partial charge in [-0.25, -0.2) is 12.8 Å². The Morgan fingerprint density at radius 3 is 2.36 bits per heavy atom. The van der Waals surface area contributed by atoms with Crippen LogP contribution < -0.4 is 0 Å². The average Bonchev–Trinajstić information content (AvgIpc) is 3.04. The number of nitrogens with zero attached hydrogens (tertiary/aromatic N) is 1.